The van der Waals surface area contributed by atoms with Crippen molar-refractivity contribution in [3.8, 4) is 0 Å². The van der Waals surface area contributed by atoms with Crippen molar-refractivity contribution in [2.75, 3.05) is 5.75 Å². The van der Waals surface area contributed by atoms with E-state index in [1.807, 2.05) is 11.8 Å². The van der Waals surface area contributed by atoms with E-state index in [2.05, 4.69) is 19.3 Å². The maximum Gasteiger partial charge on any atom is 0.123 e. The van der Waals surface area contributed by atoms with E-state index in [9.17, 15) is 4.39 Å². The highest BCUT2D eigenvalue weighted by molar-refractivity contribution is 7.99. The van der Waals surface area contributed by atoms with Gasteiger partial charge in [-0.05, 0) is 24.1 Å². The predicted molar refractivity (Wildman–Crippen MR) is 68.7 cm³/mol. The van der Waals surface area contributed by atoms with Crippen molar-refractivity contribution >= 4 is 11.8 Å². The molecule has 0 aliphatic heterocycles. The molecule has 0 heterocycles. The van der Waals surface area contributed by atoms with E-state index >= 15 is 0 Å². The van der Waals surface area contributed by atoms with Gasteiger partial charge in [-0.25, -0.2) is 4.39 Å². The molecule has 1 aromatic carbocycles. The second-order valence-corrected chi connectivity index (χ2v) is 5.29. The highest BCUT2D eigenvalue weighted by Crippen LogP contribution is 2.22. The van der Waals surface area contributed by atoms with E-state index in [-0.39, 0.29) is 11.9 Å². The van der Waals surface area contributed by atoms with Crippen LogP contribution in [0.2, 0.25) is 0 Å². The molecular formula is C12H19FN2S. The Labute approximate surface area is 101 Å². The van der Waals surface area contributed by atoms with Crippen LogP contribution in [0.3, 0.4) is 0 Å². The molecule has 3 N–H and O–H groups in total. The van der Waals surface area contributed by atoms with Gasteiger partial charge in [0.1, 0.15) is 5.82 Å². The Morgan fingerprint density at radius 2 is 2.00 bits per heavy atom. The standard InChI is InChI=1S/C12H19FN2S/c1-3-9(2)16-8-12(15-14)10-4-6-11(13)7-5-10/h4-7,9,12,15H,3,8,14H2,1-2H3. The Bertz CT molecular complexity index is 302. The van der Waals surface area contributed by atoms with E-state index in [1.165, 1.54) is 12.1 Å². The van der Waals surface area contributed by atoms with Crippen molar-refractivity contribution in [2.24, 2.45) is 5.84 Å². The van der Waals surface area contributed by atoms with Crippen molar-refractivity contribution in [2.45, 2.75) is 31.6 Å². The number of rotatable bonds is 6. The van der Waals surface area contributed by atoms with Crippen LogP contribution < -0.4 is 11.3 Å². The van der Waals surface area contributed by atoms with Gasteiger partial charge in [0.2, 0.25) is 0 Å². The van der Waals surface area contributed by atoms with Crippen molar-refractivity contribution in [3.63, 3.8) is 0 Å². The van der Waals surface area contributed by atoms with Crippen LogP contribution in [-0.2, 0) is 0 Å². The lowest BCUT2D eigenvalue weighted by Crippen LogP contribution is -2.30. The van der Waals surface area contributed by atoms with Crippen molar-refractivity contribution in [3.05, 3.63) is 35.6 Å². The fourth-order valence-electron chi connectivity index (χ4n) is 1.31. The monoisotopic (exact) mass is 242 g/mol. The molecule has 0 bridgehead atoms. The summed E-state index contributed by atoms with van der Waals surface area (Å²) in [6.45, 7) is 4.36. The van der Waals surface area contributed by atoms with Gasteiger partial charge in [0.25, 0.3) is 0 Å². The van der Waals surface area contributed by atoms with Crippen LogP contribution in [-0.4, -0.2) is 11.0 Å². The fraction of sp³-hybridized carbons (Fsp3) is 0.500. The van der Waals surface area contributed by atoms with Crippen LogP contribution in [0.5, 0.6) is 0 Å². The Kier molecular flexibility index (Phi) is 5.80. The van der Waals surface area contributed by atoms with Gasteiger partial charge in [-0.1, -0.05) is 26.0 Å². The molecule has 2 nitrogen and oxygen atoms in total. The Morgan fingerprint density at radius 3 is 2.50 bits per heavy atom. The molecule has 0 saturated carbocycles. The Morgan fingerprint density at radius 1 is 1.38 bits per heavy atom. The third-order valence-corrected chi connectivity index (χ3v) is 4.02. The van der Waals surface area contributed by atoms with Crippen LogP contribution in [0.15, 0.2) is 24.3 Å². The van der Waals surface area contributed by atoms with Crippen LogP contribution in [0.1, 0.15) is 31.9 Å². The van der Waals surface area contributed by atoms with Crippen molar-refractivity contribution in [1.82, 2.24) is 5.43 Å². The number of hydrogen-bond donors (Lipinski definition) is 2. The number of thioether (sulfide) groups is 1. The second kappa shape index (κ2) is 6.89. The number of nitrogens with two attached hydrogens (primary N) is 1. The summed E-state index contributed by atoms with van der Waals surface area (Å²) in [4.78, 5) is 0. The average Bonchev–Trinajstić information content (AvgIpc) is 2.31. The smallest absolute Gasteiger partial charge is 0.123 e. The summed E-state index contributed by atoms with van der Waals surface area (Å²) in [7, 11) is 0. The number of hydrazine groups is 1. The third kappa shape index (κ3) is 4.12. The summed E-state index contributed by atoms with van der Waals surface area (Å²) >= 11 is 1.87. The zero-order chi connectivity index (χ0) is 12.0. The van der Waals surface area contributed by atoms with Gasteiger partial charge in [-0.3, -0.25) is 11.3 Å². The SMILES string of the molecule is CCC(C)SCC(NN)c1ccc(F)cc1. The van der Waals surface area contributed by atoms with Gasteiger partial charge in [0, 0.05) is 11.0 Å². The molecule has 4 heteroatoms. The van der Waals surface area contributed by atoms with Gasteiger partial charge in [0.15, 0.2) is 0 Å². The molecule has 2 atom stereocenters. The number of benzene rings is 1. The van der Waals surface area contributed by atoms with Gasteiger partial charge in [-0.2, -0.15) is 11.8 Å². The highest BCUT2D eigenvalue weighted by Gasteiger charge is 2.11. The molecule has 1 aromatic rings. The minimum atomic E-state index is -0.214. The second-order valence-electron chi connectivity index (χ2n) is 3.82. The zero-order valence-electron chi connectivity index (χ0n) is 9.74. The zero-order valence-corrected chi connectivity index (χ0v) is 10.6. The normalized spacial score (nSPS) is 14.8. The number of nitrogens with one attached hydrogen (secondary N) is 1. The highest BCUT2D eigenvalue weighted by atomic mass is 32.2. The van der Waals surface area contributed by atoms with Gasteiger partial charge in [0.05, 0.1) is 6.04 Å². The van der Waals surface area contributed by atoms with Gasteiger partial charge < -0.3 is 0 Å². The lowest BCUT2D eigenvalue weighted by molar-refractivity contribution is 0.600. The van der Waals surface area contributed by atoms with E-state index < -0.39 is 0 Å². The number of hydrogen-bond acceptors (Lipinski definition) is 3. The summed E-state index contributed by atoms with van der Waals surface area (Å²) in [5.41, 5.74) is 3.80. The number of halogens is 1. The molecule has 0 saturated heterocycles. The summed E-state index contributed by atoms with van der Waals surface area (Å²) in [6, 6.07) is 6.56. The summed E-state index contributed by atoms with van der Waals surface area (Å²) < 4.78 is 12.8. The topological polar surface area (TPSA) is 38.0 Å². The largest absolute Gasteiger partial charge is 0.271 e. The fourth-order valence-corrected chi connectivity index (χ4v) is 2.36. The molecule has 0 aromatic heterocycles. The molecule has 0 spiro atoms. The lowest BCUT2D eigenvalue weighted by atomic mass is 10.1. The molecule has 0 aliphatic carbocycles. The van der Waals surface area contributed by atoms with Crippen LogP contribution in [0, 0.1) is 5.82 Å². The van der Waals surface area contributed by atoms with Crippen LogP contribution in [0.25, 0.3) is 0 Å². The molecular weight excluding hydrogens is 223 g/mol. The summed E-state index contributed by atoms with van der Waals surface area (Å²) in [6.07, 6.45) is 1.14. The average molecular weight is 242 g/mol. The molecule has 1 rings (SSSR count). The first-order valence-electron chi connectivity index (χ1n) is 5.50. The molecule has 0 aliphatic rings. The maximum atomic E-state index is 12.8. The molecule has 90 valence electrons. The van der Waals surface area contributed by atoms with Crippen LogP contribution >= 0.6 is 11.8 Å². The van der Waals surface area contributed by atoms with Crippen molar-refractivity contribution < 1.29 is 4.39 Å². The van der Waals surface area contributed by atoms with Crippen molar-refractivity contribution in [1.29, 1.82) is 0 Å². The van der Waals surface area contributed by atoms with Gasteiger partial charge >= 0.3 is 0 Å². The van der Waals surface area contributed by atoms with E-state index in [1.54, 1.807) is 12.1 Å². The van der Waals surface area contributed by atoms with Gasteiger partial charge in [-0.15, -0.1) is 0 Å². The maximum absolute atomic E-state index is 12.8. The third-order valence-electron chi connectivity index (χ3n) is 2.60. The van der Waals surface area contributed by atoms with E-state index in [4.69, 9.17) is 5.84 Å². The van der Waals surface area contributed by atoms with E-state index in [0.717, 1.165) is 17.7 Å². The minimum Gasteiger partial charge on any atom is -0.271 e. The summed E-state index contributed by atoms with van der Waals surface area (Å²) in [5.74, 6) is 6.20. The lowest BCUT2D eigenvalue weighted by Gasteiger charge is -2.18. The molecule has 0 amide bonds. The quantitative estimate of drug-likeness (QED) is 0.595. The first kappa shape index (κ1) is 13.5. The first-order valence-corrected chi connectivity index (χ1v) is 6.55. The molecule has 16 heavy (non-hydrogen) atoms. The summed E-state index contributed by atoms with van der Waals surface area (Å²) in [5, 5.41) is 0.622. The predicted octanol–water partition coefficient (Wildman–Crippen LogP) is 2.86. The molecule has 0 fully saturated rings. The van der Waals surface area contributed by atoms with Crippen LogP contribution in [0.4, 0.5) is 4.39 Å². The minimum absolute atomic E-state index is 0.0830. The molecule has 0 radical (unpaired) electrons. The van der Waals surface area contributed by atoms with E-state index in [0.29, 0.717) is 5.25 Å². The Hall–Kier alpha value is -0.580. The Balaban J connectivity index is 2.57. The first-order chi connectivity index (χ1) is 7.67. The molecule has 2 unspecified atom stereocenters.